The Kier molecular flexibility index (Phi) is 12.1. The molecular formula is C51H64OSi2. The van der Waals surface area contributed by atoms with Crippen LogP contribution in [0, 0.1) is 6.92 Å². The molecular weight excluding hydrogens is 685 g/mol. The summed E-state index contributed by atoms with van der Waals surface area (Å²) in [7, 11) is -3.58. The second kappa shape index (κ2) is 16.4. The lowest BCUT2D eigenvalue weighted by atomic mass is 9.85. The van der Waals surface area contributed by atoms with Crippen LogP contribution in [0.3, 0.4) is 0 Å². The molecule has 282 valence electrons. The monoisotopic (exact) mass is 748 g/mol. The number of ether oxygens (including phenoxy) is 1. The Bertz CT molecular complexity index is 2030. The maximum atomic E-state index is 6.94. The molecule has 0 unspecified atom stereocenters. The highest BCUT2D eigenvalue weighted by atomic mass is 28.3. The van der Waals surface area contributed by atoms with Crippen LogP contribution in [-0.4, -0.2) is 23.5 Å². The number of aryl methyl sites for hydroxylation is 3. The molecule has 54 heavy (non-hydrogen) atoms. The third-order valence-electron chi connectivity index (χ3n) is 11.9. The molecule has 6 rings (SSSR count). The van der Waals surface area contributed by atoms with Gasteiger partial charge in [-0.1, -0.05) is 188 Å². The zero-order valence-corrected chi connectivity index (χ0v) is 37.1. The molecule has 0 saturated carbocycles. The van der Waals surface area contributed by atoms with Crippen molar-refractivity contribution in [3.8, 4) is 39.1 Å². The van der Waals surface area contributed by atoms with Gasteiger partial charge in [-0.05, 0) is 104 Å². The van der Waals surface area contributed by atoms with Crippen LogP contribution in [0.15, 0.2) is 104 Å². The fourth-order valence-electron chi connectivity index (χ4n) is 9.38. The van der Waals surface area contributed by atoms with Crippen molar-refractivity contribution in [1.29, 1.82) is 0 Å². The smallest absolute Gasteiger partial charge is 0.122 e. The zero-order chi connectivity index (χ0) is 38.8. The van der Waals surface area contributed by atoms with E-state index in [1.807, 2.05) is 6.08 Å². The van der Waals surface area contributed by atoms with Gasteiger partial charge in [0.25, 0.3) is 0 Å². The van der Waals surface area contributed by atoms with Gasteiger partial charge in [0, 0.05) is 5.54 Å². The Morgan fingerprint density at radius 2 is 1.22 bits per heavy atom. The summed E-state index contributed by atoms with van der Waals surface area (Å²) in [6, 6.07) is 35.6. The van der Waals surface area contributed by atoms with Crippen molar-refractivity contribution in [3.05, 3.63) is 137 Å². The minimum absolute atomic E-state index is 0.0510. The molecule has 0 radical (unpaired) electrons. The minimum Gasteiger partial charge on any atom is -0.489 e. The summed E-state index contributed by atoms with van der Waals surface area (Å²) in [5, 5.41) is 3.01. The predicted octanol–water partition coefficient (Wildman–Crippen LogP) is 12.8. The molecule has 0 aromatic heterocycles. The van der Waals surface area contributed by atoms with Crippen LogP contribution in [0.1, 0.15) is 99.2 Å². The van der Waals surface area contributed by atoms with Crippen LogP contribution >= 0.6 is 0 Å². The molecule has 5 aromatic carbocycles. The van der Waals surface area contributed by atoms with E-state index in [9.17, 15) is 0 Å². The highest BCUT2D eigenvalue weighted by molar-refractivity contribution is 6.92. The van der Waals surface area contributed by atoms with Crippen molar-refractivity contribution >= 4 is 27.2 Å². The zero-order valence-electron chi connectivity index (χ0n) is 35.0. The van der Waals surface area contributed by atoms with E-state index in [0.29, 0.717) is 6.61 Å². The Morgan fingerprint density at radius 3 is 1.67 bits per heavy atom. The number of rotatable bonds is 14. The van der Waals surface area contributed by atoms with E-state index in [4.69, 9.17) is 4.74 Å². The van der Waals surface area contributed by atoms with E-state index in [-0.39, 0.29) is 11.0 Å². The largest absolute Gasteiger partial charge is 0.489 e. The quantitative estimate of drug-likeness (QED) is 0.0812. The molecule has 0 saturated heterocycles. The first-order valence-corrected chi connectivity index (χ1v) is 26.7. The van der Waals surface area contributed by atoms with Crippen molar-refractivity contribution in [1.82, 2.24) is 0 Å². The molecule has 1 nitrogen and oxygen atoms in total. The number of hydrogen-bond donors (Lipinski definition) is 0. The van der Waals surface area contributed by atoms with Crippen molar-refractivity contribution in [2.45, 2.75) is 117 Å². The summed E-state index contributed by atoms with van der Waals surface area (Å²) < 4.78 is 6.94. The van der Waals surface area contributed by atoms with Gasteiger partial charge >= 0.3 is 0 Å². The van der Waals surface area contributed by atoms with Gasteiger partial charge in [-0.15, -0.1) is 0 Å². The average molecular weight is 749 g/mol. The third-order valence-corrected chi connectivity index (χ3v) is 17.6. The van der Waals surface area contributed by atoms with Crippen LogP contribution in [0.2, 0.25) is 26.2 Å². The molecule has 0 aliphatic heterocycles. The number of hydrogen-bond acceptors (Lipinski definition) is 1. The van der Waals surface area contributed by atoms with Gasteiger partial charge in [-0.25, -0.2) is 0 Å². The fourth-order valence-corrected chi connectivity index (χ4v) is 15.2. The molecule has 1 aliphatic carbocycles. The molecule has 5 aromatic rings. The molecule has 0 spiro atoms. The van der Waals surface area contributed by atoms with Gasteiger partial charge in [-0.2, -0.15) is 0 Å². The predicted molar refractivity (Wildman–Crippen MR) is 243 cm³/mol. The summed E-state index contributed by atoms with van der Waals surface area (Å²) in [5.74, 6) is 1.14. The van der Waals surface area contributed by atoms with E-state index in [2.05, 4.69) is 165 Å². The topological polar surface area (TPSA) is 9.23 Å². The Balaban J connectivity index is 1.64. The summed E-state index contributed by atoms with van der Waals surface area (Å²) in [6.45, 7) is 28.9. The van der Waals surface area contributed by atoms with Gasteiger partial charge in [0.2, 0.25) is 0 Å². The lowest BCUT2D eigenvalue weighted by Crippen LogP contribution is -2.51. The maximum Gasteiger partial charge on any atom is 0.122 e. The number of unbranched alkanes of at least 4 members (excludes halogenated alkanes) is 2. The van der Waals surface area contributed by atoms with Gasteiger partial charge < -0.3 is 4.74 Å². The van der Waals surface area contributed by atoms with E-state index in [1.54, 1.807) is 5.19 Å². The second-order valence-corrected chi connectivity index (χ2v) is 25.1. The molecule has 1 aliphatic rings. The molecule has 0 heterocycles. The lowest BCUT2D eigenvalue weighted by molar-refractivity contribution is 0.354. The SMILES string of the molecule is C=CCOc1c([Si](C)(C)C2c3cc(-c4ccccc4CCCC)ccc3-c3ccc(-c4ccccc4CCCC)cc32)cc(C)c([SiH](C)C)c1C(C)(C)C. The first kappa shape index (κ1) is 39.8. The van der Waals surface area contributed by atoms with Gasteiger partial charge in [0.15, 0.2) is 0 Å². The van der Waals surface area contributed by atoms with Crippen LogP contribution in [0.5, 0.6) is 5.75 Å². The molecule has 0 bridgehead atoms. The second-order valence-electron chi connectivity index (χ2n) is 17.6. The van der Waals surface area contributed by atoms with Crippen LogP contribution in [0.4, 0.5) is 0 Å². The van der Waals surface area contributed by atoms with Crippen molar-refractivity contribution in [2.75, 3.05) is 6.61 Å². The fraction of sp³-hybridized carbons (Fsp3) is 0.373. The molecule has 0 fully saturated rings. The summed E-state index contributed by atoms with van der Waals surface area (Å²) >= 11 is 0. The van der Waals surface area contributed by atoms with E-state index in [1.165, 1.54) is 97.6 Å². The Morgan fingerprint density at radius 1 is 0.722 bits per heavy atom. The number of benzene rings is 5. The standard InChI is InChI=1S/C51H64OSi2/c1-12-15-21-36-23-17-19-25-40(36)38-27-29-42-43-30-28-39(41-26-20-18-24-37(41)22-16-13-2)34-45(43)50(44(42)33-38)54(10,11)46-32-35(4)49(53(8)9)47(51(5,6)7)48(46)52-31-14-3/h14,17-20,23-30,32-34,50,53H,3,12-13,15-16,21-22,31H2,1-2,4-11H3. The molecule has 3 heteroatoms. The average Bonchev–Trinajstić information content (AvgIpc) is 3.48. The van der Waals surface area contributed by atoms with Crippen molar-refractivity contribution in [2.24, 2.45) is 0 Å². The normalized spacial score (nSPS) is 12.9. The minimum atomic E-state index is -2.40. The van der Waals surface area contributed by atoms with Crippen molar-refractivity contribution in [3.63, 3.8) is 0 Å². The highest BCUT2D eigenvalue weighted by Gasteiger charge is 2.45. The van der Waals surface area contributed by atoms with Gasteiger partial charge in [0.1, 0.15) is 12.4 Å². The van der Waals surface area contributed by atoms with Gasteiger partial charge in [0.05, 0.1) is 16.9 Å². The molecule has 0 N–H and O–H groups in total. The van der Waals surface area contributed by atoms with Gasteiger partial charge in [-0.3, -0.25) is 0 Å². The van der Waals surface area contributed by atoms with Crippen LogP contribution < -0.4 is 15.1 Å². The Hall–Kier alpha value is -3.93. The van der Waals surface area contributed by atoms with E-state index >= 15 is 0 Å². The van der Waals surface area contributed by atoms with Crippen LogP contribution in [0.25, 0.3) is 33.4 Å². The van der Waals surface area contributed by atoms with E-state index in [0.717, 1.165) is 18.6 Å². The summed E-state index contributed by atoms with van der Waals surface area (Å²) in [4.78, 5) is 0. The highest BCUT2D eigenvalue weighted by Crippen LogP contribution is 2.52. The molecule has 0 amide bonds. The first-order valence-electron chi connectivity index (χ1n) is 20.7. The van der Waals surface area contributed by atoms with Crippen molar-refractivity contribution < 1.29 is 4.74 Å². The summed E-state index contributed by atoms with van der Waals surface area (Å²) in [6.07, 6.45) is 8.95. The lowest BCUT2D eigenvalue weighted by Gasteiger charge is -2.38. The number of fused-ring (bicyclic) bond motifs is 3. The molecule has 0 atom stereocenters. The van der Waals surface area contributed by atoms with Crippen LogP contribution in [-0.2, 0) is 18.3 Å². The summed E-state index contributed by atoms with van der Waals surface area (Å²) in [5.41, 5.74) is 17.2. The maximum absolute atomic E-state index is 6.94. The first-order chi connectivity index (χ1) is 25.8. The van der Waals surface area contributed by atoms with E-state index < -0.39 is 16.9 Å². The Labute approximate surface area is 330 Å². The third kappa shape index (κ3) is 7.64.